The van der Waals surface area contributed by atoms with Crippen molar-refractivity contribution in [3.05, 3.63) is 89.5 Å². The molecule has 1 aliphatic heterocycles. The van der Waals surface area contributed by atoms with Crippen molar-refractivity contribution in [3.63, 3.8) is 0 Å². The van der Waals surface area contributed by atoms with Crippen molar-refractivity contribution >= 4 is 23.2 Å². The predicted octanol–water partition coefficient (Wildman–Crippen LogP) is 4.49. The van der Waals surface area contributed by atoms with Crippen LogP contribution in [0.5, 0.6) is 5.75 Å². The van der Waals surface area contributed by atoms with Crippen LogP contribution in [0.1, 0.15) is 40.7 Å². The van der Waals surface area contributed by atoms with Gasteiger partial charge in [-0.15, -0.1) is 0 Å². The van der Waals surface area contributed by atoms with Crippen molar-refractivity contribution in [2.24, 2.45) is 5.92 Å². The Morgan fingerprint density at radius 1 is 0.973 bits per heavy atom. The van der Waals surface area contributed by atoms with Crippen LogP contribution >= 0.6 is 0 Å². The van der Waals surface area contributed by atoms with Gasteiger partial charge < -0.3 is 21.1 Å². The second-order valence-corrected chi connectivity index (χ2v) is 9.59. The Hall–Kier alpha value is -3.84. The highest BCUT2D eigenvalue weighted by Crippen LogP contribution is 2.23. The average molecular weight is 501 g/mol. The Morgan fingerprint density at radius 2 is 1.70 bits per heavy atom. The van der Waals surface area contributed by atoms with Crippen molar-refractivity contribution in [1.82, 2.24) is 10.2 Å². The summed E-state index contributed by atoms with van der Waals surface area (Å²) in [6.45, 7) is 3.72. The summed E-state index contributed by atoms with van der Waals surface area (Å²) < 4.78 is 5.50. The molecule has 2 amide bonds. The van der Waals surface area contributed by atoms with Crippen LogP contribution in [0.4, 0.5) is 11.4 Å². The minimum atomic E-state index is -0.132. The van der Waals surface area contributed by atoms with Crippen molar-refractivity contribution in [2.45, 2.75) is 32.2 Å². The molecule has 1 aliphatic rings. The third-order valence-electron chi connectivity index (χ3n) is 6.89. The van der Waals surface area contributed by atoms with Gasteiger partial charge in [-0.05, 0) is 73.7 Å². The minimum Gasteiger partial charge on any atom is -0.496 e. The van der Waals surface area contributed by atoms with E-state index in [0.717, 1.165) is 38.0 Å². The average Bonchev–Trinajstić information content (AvgIpc) is 2.93. The van der Waals surface area contributed by atoms with Gasteiger partial charge in [-0.25, -0.2) is 0 Å². The molecule has 194 valence electrons. The van der Waals surface area contributed by atoms with Crippen LogP contribution in [0.3, 0.4) is 0 Å². The number of nitrogen functional groups attached to an aromatic ring is 1. The zero-order chi connectivity index (χ0) is 26.0. The Labute approximate surface area is 219 Å². The number of ether oxygens (including phenoxy) is 1. The molecule has 4 N–H and O–H groups in total. The lowest BCUT2D eigenvalue weighted by Gasteiger charge is -2.32. The molecule has 4 rings (SSSR count). The van der Waals surface area contributed by atoms with Gasteiger partial charge in [-0.1, -0.05) is 48.5 Å². The molecular formula is C30H36N4O3. The van der Waals surface area contributed by atoms with E-state index in [0.29, 0.717) is 48.0 Å². The quantitative estimate of drug-likeness (QED) is 0.357. The van der Waals surface area contributed by atoms with E-state index in [-0.39, 0.29) is 11.8 Å². The van der Waals surface area contributed by atoms with E-state index in [4.69, 9.17) is 10.5 Å². The van der Waals surface area contributed by atoms with E-state index in [1.54, 1.807) is 25.3 Å². The zero-order valence-electron chi connectivity index (χ0n) is 21.4. The molecule has 0 aromatic heterocycles. The molecule has 0 radical (unpaired) electrons. The Bertz CT molecular complexity index is 1190. The number of benzene rings is 3. The largest absolute Gasteiger partial charge is 0.496 e. The molecule has 0 atom stereocenters. The van der Waals surface area contributed by atoms with E-state index >= 15 is 0 Å². The van der Waals surface area contributed by atoms with Gasteiger partial charge in [0.2, 0.25) is 5.91 Å². The molecule has 1 heterocycles. The number of piperidine rings is 1. The highest BCUT2D eigenvalue weighted by Gasteiger charge is 2.21. The molecule has 7 nitrogen and oxygen atoms in total. The summed E-state index contributed by atoms with van der Waals surface area (Å²) in [7, 11) is 1.56. The van der Waals surface area contributed by atoms with Crippen molar-refractivity contribution in [3.8, 4) is 5.75 Å². The molecule has 37 heavy (non-hydrogen) atoms. The first-order valence-corrected chi connectivity index (χ1v) is 12.9. The van der Waals surface area contributed by atoms with Crippen molar-refractivity contribution < 1.29 is 14.3 Å². The third-order valence-corrected chi connectivity index (χ3v) is 6.89. The lowest BCUT2D eigenvalue weighted by molar-refractivity contribution is -0.116. The maximum atomic E-state index is 12.9. The number of hydrogen-bond donors (Lipinski definition) is 3. The van der Waals surface area contributed by atoms with Crippen LogP contribution in [-0.2, 0) is 17.8 Å². The van der Waals surface area contributed by atoms with E-state index in [2.05, 4.69) is 39.8 Å². The third kappa shape index (κ3) is 7.57. The molecule has 0 unspecified atom stereocenters. The summed E-state index contributed by atoms with van der Waals surface area (Å²) in [5, 5.41) is 5.94. The Morgan fingerprint density at radius 3 is 2.43 bits per heavy atom. The van der Waals surface area contributed by atoms with Gasteiger partial charge >= 0.3 is 0 Å². The maximum absolute atomic E-state index is 12.9. The van der Waals surface area contributed by atoms with Crippen LogP contribution in [0.15, 0.2) is 72.8 Å². The Balaban J connectivity index is 1.23. The maximum Gasteiger partial charge on any atom is 0.255 e. The van der Waals surface area contributed by atoms with Gasteiger partial charge in [0.1, 0.15) is 5.75 Å². The lowest BCUT2D eigenvalue weighted by Crippen LogP contribution is -2.38. The summed E-state index contributed by atoms with van der Waals surface area (Å²) in [6, 6.07) is 23.2. The first-order chi connectivity index (χ1) is 18.0. The molecule has 7 heteroatoms. The monoisotopic (exact) mass is 500 g/mol. The van der Waals surface area contributed by atoms with Crippen LogP contribution in [-0.4, -0.2) is 43.5 Å². The zero-order valence-corrected chi connectivity index (χ0v) is 21.4. The minimum absolute atomic E-state index is 0.117. The number of para-hydroxylation sites is 2. The number of aryl methyl sites for hydroxylation is 1. The van der Waals surface area contributed by atoms with Crippen LogP contribution in [0, 0.1) is 5.92 Å². The predicted molar refractivity (Wildman–Crippen MR) is 148 cm³/mol. The highest BCUT2D eigenvalue weighted by molar-refractivity contribution is 5.97. The van der Waals surface area contributed by atoms with E-state index in [1.165, 1.54) is 5.56 Å². The fourth-order valence-electron chi connectivity index (χ4n) is 4.68. The number of hydrogen-bond acceptors (Lipinski definition) is 5. The molecule has 1 fully saturated rings. The Kier molecular flexibility index (Phi) is 9.16. The molecule has 3 aromatic rings. The fourth-order valence-corrected chi connectivity index (χ4v) is 4.68. The number of amides is 2. The summed E-state index contributed by atoms with van der Waals surface area (Å²) in [5.41, 5.74) is 9.81. The SMILES string of the molecule is COc1cc(CCC(=O)Nc2ccccc2N)ccc1C(=O)NCC1CCN(Cc2ccccc2)CC1. The van der Waals surface area contributed by atoms with E-state index < -0.39 is 0 Å². The topological polar surface area (TPSA) is 96.7 Å². The van der Waals surface area contributed by atoms with Gasteiger partial charge in [-0.2, -0.15) is 0 Å². The standard InChI is InChI=1S/C30H36N4O3/c1-37-28-19-22(12-14-29(35)33-27-10-6-5-9-26(27)31)11-13-25(28)30(36)32-20-23-15-17-34(18-16-23)21-24-7-3-2-4-8-24/h2-11,13,19,23H,12,14-18,20-21,31H2,1H3,(H,32,36)(H,33,35). The molecule has 1 saturated heterocycles. The number of nitrogens with two attached hydrogens (primary N) is 1. The molecule has 0 spiro atoms. The van der Waals surface area contributed by atoms with Crippen LogP contribution in [0.2, 0.25) is 0 Å². The van der Waals surface area contributed by atoms with Gasteiger partial charge in [0.25, 0.3) is 5.91 Å². The second kappa shape index (κ2) is 12.9. The van der Waals surface area contributed by atoms with Crippen molar-refractivity contribution in [1.29, 1.82) is 0 Å². The van der Waals surface area contributed by atoms with Gasteiger partial charge in [0.15, 0.2) is 0 Å². The summed E-state index contributed by atoms with van der Waals surface area (Å²) in [4.78, 5) is 27.7. The van der Waals surface area contributed by atoms with Gasteiger partial charge in [0.05, 0.1) is 24.0 Å². The first kappa shape index (κ1) is 26.2. The number of rotatable bonds is 10. The highest BCUT2D eigenvalue weighted by atomic mass is 16.5. The van der Waals surface area contributed by atoms with Gasteiger partial charge in [-0.3, -0.25) is 14.5 Å². The first-order valence-electron chi connectivity index (χ1n) is 12.9. The lowest BCUT2D eigenvalue weighted by atomic mass is 9.96. The fraction of sp³-hybridized carbons (Fsp3) is 0.333. The molecule has 0 saturated carbocycles. The molecule has 0 aliphatic carbocycles. The number of anilines is 2. The molecular weight excluding hydrogens is 464 g/mol. The number of nitrogens with zero attached hydrogens (tertiary/aromatic N) is 1. The summed E-state index contributed by atoms with van der Waals surface area (Å²) >= 11 is 0. The normalized spacial score (nSPS) is 14.2. The van der Waals surface area contributed by atoms with Crippen LogP contribution < -0.4 is 21.1 Å². The summed E-state index contributed by atoms with van der Waals surface area (Å²) in [6.07, 6.45) is 2.96. The van der Waals surface area contributed by atoms with Crippen LogP contribution in [0.25, 0.3) is 0 Å². The summed E-state index contributed by atoms with van der Waals surface area (Å²) in [5.74, 6) is 0.736. The number of nitrogens with one attached hydrogen (secondary N) is 2. The number of carbonyl (C=O) groups excluding carboxylic acids is 2. The molecule has 3 aromatic carbocycles. The smallest absolute Gasteiger partial charge is 0.255 e. The second-order valence-electron chi connectivity index (χ2n) is 9.59. The van der Waals surface area contributed by atoms with Gasteiger partial charge in [0, 0.05) is 19.5 Å². The van der Waals surface area contributed by atoms with E-state index in [9.17, 15) is 9.59 Å². The number of carbonyl (C=O) groups is 2. The van der Waals surface area contributed by atoms with E-state index in [1.807, 2.05) is 30.3 Å². The number of likely N-dealkylation sites (tertiary alicyclic amines) is 1. The van der Waals surface area contributed by atoms with Crippen molar-refractivity contribution in [2.75, 3.05) is 37.8 Å². The number of methoxy groups -OCH3 is 1. The molecule has 0 bridgehead atoms.